The van der Waals surface area contributed by atoms with Crippen molar-refractivity contribution in [1.29, 1.82) is 0 Å². The van der Waals surface area contributed by atoms with Crippen LogP contribution >= 0.6 is 11.6 Å². The van der Waals surface area contributed by atoms with Crippen LogP contribution in [0.5, 0.6) is 0 Å². The van der Waals surface area contributed by atoms with Gasteiger partial charge in [0.15, 0.2) is 0 Å². The number of fused-ring (bicyclic) bond motifs is 1. The molecular formula is C14H15ClN4O2. The molecule has 0 spiro atoms. The Hall–Kier alpha value is -1.66. The number of halogens is 1. The molecule has 0 unspecified atom stereocenters. The number of nitrogens with zero attached hydrogens (tertiary/aromatic N) is 4. The second-order valence-corrected chi connectivity index (χ2v) is 6.11. The zero-order valence-corrected chi connectivity index (χ0v) is 12.4. The molecule has 6 nitrogen and oxygen atoms in total. The number of pyridine rings is 1. The van der Waals surface area contributed by atoms with Crippen LogP contribution in [0.25, 0.3) is 0 Å². The summed E-state index contributed by atoms with van der Waals surface area (Å²) in [6.45, 7) is 4.76. The van der Waals surface area contributed by atoms with E-state index < -0.39 is 0 Å². The predicted molar refractivity (Wildman–Crippen MR) is 76.5 cm³/mol. The highest BCUT2D eigenvalue weighted by Crippen LogP contribution is 2.45. The maximum atomic E-state index is 6.27. The zero-order valence-electron chi connectivity index (χ0n) is 11.6. The minimum absolute atomic E-state index is 0.228. The fourth-order valence-electron chi connectivity index (χ4n) is 3.34. The molecule has 21 heavy (non-hydrogen) atoms. The Bertz CT molecular complexity index is 676. The Balaban J connectivity index is 1.71. The van der Waals surface area contributed by atoms with Crippen molar-refractivity contribution >= 4 is 17.3 Å². The average Bonchev–Trinajstić information content (AvgIpc) is 3.12. The average molecular weight is 307 g/mol. The molecule has 2 aliphatic rings. The molecule has 2 fully saturated rings. The third-order valence-electron chi connectivity index (χ3n) is 4.42. The zero-order chi connectivity index (χ0) is 14.4. The summed E-state index contributed by atoms with van der Waals surface area (Å²) in [6, 6.07) is 1.94. The number of anilines is 1. The van der Waals surface area contributed by atoms with Gasteiger partial charge in [-0.15, -0.1) is 10.2 Å². The monoisotopic (exact) mass is 306 g/mol. The molecule has 7 heteroatoms. The van der Waals surface area contributed by atoms with Crippen LogP contribution in [0.3, 0.4) is 0 Å². The summed E-state index contributed by atoms with van der Waals surface area (Å²) in [5.41, 5.74) is 0.769. The molecule has 2 saturated heterocycles. The molecule has 0 aromatic carbocycles. The molecule has 2 aliphatic heterocycles. The summed E-state index contributed by atoms with van der Waals surface area (Å²) in [4.78, 5) is 6.30. The van der Waals surface area contributed by atoms with Gasteiger partial charge in [0.2, 0.25) is 11.8 Å². The highest BCUT2D eigenvalue weighted by Gasteiger charge is 2.55. The van der Waals surface area contributed by atoms with E-state index in [1.165, 1.54) is 0 Å². The van der Waals surface area contributed by atoms with Gasteiger partial charge in [-0.05, 0) is 6.07 Å². The first-order valence-corrected chi connectivity index (χ1v) is 7.30. The molecule has 0 radical (unpaired) electrons. The number of rotatable bonds is 2. The first-order valence-electron chi connectivity index (χ1n) is 6.92. The molecule has 0 N–H and O–H groups in total. The maximum Gasteiger partial charge on any atom is 0.227 e. The lowest BCUT2D eigenvalue weighted by molar-refractivity contribution is 0.166. The first-order chi connectivity index (χ1) is 10.2. The number of aromatic nitrogens is 3. The van der Waals surface area contributed by atoms with Crippen molar-refractivity contribution < 1.29 is 9.15 Å². The Morgan fingerprint density at radius 2 is 2.33 bits per heavy atom. The minimum atomic E-state index is -0.228. The van der Waals surface area contributed by atoms with E-state index >= 15 is 0 Å². The normalized spacial score (nSPS) is 28.1. The fourth-order valence-corrected chi connectivity index (χ4v) is 3.58. The van der Waals surface area contributed by atoms with Gasteiger partial charge in [0.05, 0.1) is 29.3 Å². The van der Waals surface area contributed by atoms with Crippen molar-refractivity contribution in [2.45, 2.75) is 12.3 Å². The molecule has 110 valence electrons. The van der Waals surface area contributed by atoms with Crippen LogP contribution in [0.15, 0.2) is 22.9 Å². The molecule has 2 aromatic heterocycles. The molecule has 2 aromatic rings. The van der Waals surface area contributed by atoms with E-state index in [1.54, 1.807) is 12.4 Å². The van der Waals surface area contributed by atoms with E-state index in [4.69, 9.17) is 20.8 Å². The van der Waals surface area contributed by atoms with Crippen molar-refractivity contribution in [1.82, 2.24) is 15.2 Å². The first kappa shape index (κ1) is 13.0. The van der Waals surface area contributed by atoms with E-state index in [1.807, 2.05) is 13.0 Å². The van der Waals surface area contributed by atoms with E-state index in [9.17, 15) is 0 Å². The lowest BCUT2D eigenvalue weighted by atomic mass is 9.81. The van der Waals surface area contributed by atoms with Crippen molar-refractivity contribution in [3.63, 3.8) is 0 Å². The van der Waals surface area contributed by atoms with Crippen molar-refractivity contribution in [2.75, 3.05) is 31.2 Å². The second kappa shape index (κ2) is 4.68. The van der Waals surface area contributed by atoms with Gasteiger partial charge in [-0.3, -0.25) is 4.98 Å². The van der Waals surface area contributed by atoms with E-state index in [0.29, 0.717) is 35.9 Å². The Kier molecular flexibility index (Phi) is 2.90. The summed E-state index contributed by atoms with van der Waals surface area (Å²) < 4.78 is 11.4. The van der Waals surface area contributed by atoms with Gasteiger partial charge in [0.25, 0.3) is 0 Å². The van der Waals surface area contributed by atoms with Crippen molar-refractivity contribution in [3.8, 4) is 0 Å². The topological polar surface area (TPSA) is 64.3 Å². The van der Waals surface area contributed by atoms with Gasteiger partial charge in [-0.2, -0.15) is 0 Å². The van der Waals surface area contributed by atoms with Crippen LogP contribution in [0.4, 0.5) is 5.69 Å². The Morgan fingerprint density at radius 3 is 3.10 bits per heavy atom. The van der Waals surface area contributed by atoms with Crippen molar-refractivity contribution in [3.05, 3.63) is 35.3 Å². The Morgan fingerprint density at radius 1 is 1.43 bits per heavy atom. The standard InChI is InChI=1S/C14H15ClN4O2/c1-9-17-18-13(21-9)14-7-19(5-10(14)6-20-8-14)12-2-3-16-4-11(12)15/h2-4,10H,5-8H2,1H3/t10-,14-/m0/s1. The molecule has 0 aliphatic carbocycles. The van der Waals surface area contributed by atoms with Crippen LogP contribution in [0.1, 0.15) is 11.8 Å². The SMILES string of the molecule is Cc1nnc([C@@]23COC[C@@H]2CN(c2ccncc2Cl)C3)o1. The maximum absolute atomic E-state index is 6.27. The van der Waals surface area contributed by atoms with Crippen LogP contribution in [0, 0.1) is 12.8 Å². The molecule has 0 saturated carbocycles. The molecular weight excluding hydrogens is 292 g/mol. The number of aryl methyl sites for hydroxylation is 1. The van der Waals surface area contributed by atoms with Crippen molar-refractivity contribution in [2.24, 2.45) is 5.92 Å². The Labute approximate surface area is 127 Å². The molecule has 2 atom stereocenters. The highest BCUT2D eigenvalue weighted by molar-refractivity contribution is 6.33. The largest absolute Gasteiger partial charge is 0.425 e. The smallest absolute Gasteiger partial charge is 0.227 e. The van der Waals surface area contributed by atoms with Gasteiger partial charge < -0.3 is 14.1 Å². The minimum Gasteiger partial charge on any atom is -0.425 e. The third-order valence-corrected chi connectivity index (χ3v) is 4.71. The van der Waals surface area contributed by atoms with E-state index in [2.05, 4.69) is 20.1 Å². The third kappa shape index (κ3) is 1.93. The van der Waals surface area contributed by atoms with Crippen LogP contribution in [-0.4, -0.2) is 41.5 Å². The number of hydrogen-bond acceptors (Lipinski definition) is 6. The quantitative estimate of drug-likeness (QED) is 0.843. The van der Waals surface area contributed by atoms with Gasteiger partial charge in [-0.1, -0.05) is 11.6 Å². The highest BCUT2D eigenvalue weighted by atomic mass is 35.5. The van der Waals surface area contributed by atoms with Gasteiger partial charge in [-0.25, -0.2) is 0 Å². The molecule has 4 heterocycles. The molecule has 0 amide bonds. The summed E-state index contributed by atoms with van der Waals surface area (Å²) >= 11 is 6.27. The summed E-state index contributed by atoms with van der Waals surface area (Å²) in [5, 5.41) is 8.88. The summed E-state index contributed by atoms with van der Waals surface area (Å²) in [5.74, 6) is 1.60. The number of hydrogen-bond donors (Lipinski definition) is 0. The summed E-state index contributed by atoms with van der Waals surface area (Å²) in [7, 11) is 0. The van der Waals surface area contributed by atoms with Gasteiger partial charge in [0.1, 0.15) is 0 Å². The van der Waals surface area contributed by atoms with Gasteiger partial charge in [0, 0.05) is 38.3 Å². The number of ether oxygens (including phenoxy) is 1. The lowest BCUT2D eigenvalue weighted by Gasteiger charge is -2.24. The lowest BCUT2D eigenvalue weighted by Crippen LogP contribution is -2.36. The van der Waals surface area contributed by atoms with E-state index in [-0.39, 0.29) is 5.41 Å². The van der Waals surface area contributed by atoms with Crippen LogP contribution in [-0.2, 0) is 10.2 Å². The predicted octanol–water partition coefficient (Wildman–Crippen LogP) is 1.83. The van der Waals surface area contributed by atoms with E-state index in [0.717, 1.165) is 18.8 Å². The second-order valence-electron chi connectivity index (χ2n) is 5.70. The fraction of sp³-hybridized carbons (Fsp3) is 0.500. The van der Waals surface area contributed by atoms with Crippen LogP contribution in [0.2, 0.25) is 5.02 Å². The summed E-state index contributed by atoms with van der Waals surface area (Å²) in [6.07, 6.45) is 3.43. The molecule has 4 rings (SSSR count). The molecule has 0 bridgehead atoms. The van der Waals surface area contributed by atoms with Gasteiger partial charge >= 0.3 is 0 Å². The van der Waals surface area contributed by atoms with Crippen LogP contribution < -0.4 is 4.90 Å².